The number of rotatable bonds is 6. The number of nitrogens with one attached hydrogen (secondary N) is 3. The highest BCUT2D eigenvalue weighted by molar-refractivity contribution is 7.91. The van der Waals surface area contributed by atoms with Crippen LogP contribution in [-0.2, 0) is 29.1 Å². The van der Waals surface area contributed by atoms with E-state index in [9.17, 15) is 27.6 Å². The predicted molar refractivity (Wildman–Crippen MR) is 172 cm³/mol. The van der Waals surface area contributed by atoms with E-state index in [-0.39, 0.29) is 31.1 Å². The van der Waals surface area contributed by atoms with Crippen LogP contribution in [0.1, 0.15) is 70.6 Å². The molecule has 4 fully saturated rings. The van der Waals surface area contributed by atoms with Crippen molar-refractivity contribution in [3.8, 4) is 0 Å². The van der Waals surface area contributed by atoms with E-state index in [0.717, 1.165) is 50.9 Å². The number of amides is 4. The molecule has 0 spiro atoms. The number of hydrogen-bond donors (Lipinski definition) is 3. The standard InChI is InChI=1S/C33H45N5O7S/c1-37-16-8-3-2-5-11-22-21-33(22,31(41)36-46(43,44)24-14-15-24)35-29(39)25-19-23(20-26(25)30(37)40)45-32(42)34-27-12-6-7-13-28(27)38-17-9-4-10-18-38/h5-7,11-13,22-26H,2-4,8-10,14-21H2,1H3,(H,34,42)(H,35,39)(H,36,41)/t22-,23-,25-,26-,33-/m1/s1. The molecule has 0 radical (unpaired) electrons. The molecule has 3 saturated carbocycles. The number of fused-ring (bicyclic) bond motifs is 2. The summed E-state index contributed by atoms with van der Waals surface area (Å²) in [6, 6.07) is 7.59. The lowest BCUT2D eigenvalue weighted by atomic mass is 9.93. The predicted octanol–water partition coefficient (Wildman–Crippen LogP) is 3.30. The Bertz CT molecular complexity index is 1490. The fourth-order valence-electron chi connectivity index (χ4n) is 7.17. The van der Waals surface area contributed by atoms with Gasteiger partial charge in [-0.3, -0.25) is 24.4 Å². The number of piperidine rings is 1. The Hall–Kier alpha value is -3.61. The smallest absolute Gasteiger partial charge is 0.411 e. The zero-order valence-electron chi connectivity index (χ0n) is 26.4. The van der Waals surface area contributed by atoms with Crippen molar-refractivity contribution in [1.82, 2.24) is 14.9 Å². The fourth-order valence-corrected chi connectivity index (χ4v) is 8.54. The fraction of sp³-hybridized carbons (Fsp3) is 0.636. The SMILES string of the molecule is CN1CCCCC=C[C@@H]2C[C@@]2(C(=O)NS(=O)(=O)C2CC2)NC(=O)[C@@H]2C[C@@H](OC(=O)Nc3ccccc3N3CCCCC3)C[C@H]2C1=O. The number of allylic oxidation sites excluding steroid dienone is 1. The van der Waals surface area contributed by atoms with Crippen LogP contribution in [-0.4, -0.2) is 80.7 Å². The Kier molecular flexibility index (Phi) is 9.31. The average molecular weight is 656 g/mol. The summed E-state index contributed by atoms with van der Waals surface area (Å²) in [5, 5.41) is 5.16. The summed E-state index contributed by atoms with van der Waals surface area (Å²) >= 11 is 0. The van der Waals surface area contributed by atoms with E-state index >= 15 is 0 Å². The van der Waals surface area contributed by atoms with Crippen LogP contribution in [0.2, 0.25) is 0 Å². The number of anilines is 2. The van der Waals surface area contributed by atoms with Crippen molar-refractivity contribution in [1.29, 1.82) is 0 Å². The van der Waals surface area contributed by atoms with Crippen molar-refractivity contribution in [3.05, 3.63) is 36.4 Å². The Morgan fingerprint density at radius 1 is 0.978 bits per heavy atom. The molecule has 5 aliphatic rings. The van der Waals surface area contributed by atoms with Crippen LogP contribution in [0.4, 0.5) is 16.2 Å². The number of carbonyl (C=O) groups is 4. The number of benzene rings is 1. The maximum Gasteiger partial charge on any atom is 0.411 e. The molecule has 3 N–H and O–H groups in total. The van der Waals surface area contributed by atoms with Crippen molar-refractivity contribution in [3.63, 3.8) is 0 Å². The van der Waals surface area contributed by atoms with Gasteiger partial charge in [0.1, 0.15) is 11.6 Å². The van der Waals surface area contributed by atoms with Crippen molar-refractivity contribution < 1.29 is 32.3 Å². The quantitative estimate of drug-likeness (QED) is 0.395. The van der Waals surface area contributed by atoms with Crippen LogP contribution in [0.5, 0.6) is 0 Å². The lowest BCUT2D eigenvalue weighted by Gasteiger charge is -2.30. The van der Waals surface area contributed by atoms with Crippen LogP contribution in [0.3, 0.4) is 0 Å². The Morgan fingerprint density at radius 3 is 2.46 bits per heavy atom. The maximum atomic E-state index is 13.9. The van der Waals surface area contributed by atoms with Gasteiger partial charge in [-0.1, -0.05) is 24.3 Å². The first-order valence-electron chi connectivity index (χ1n) is 16.7. The summed E-state index contributed by atoms with van der Waals surface area (Å²) in [6.45, 7) is 2.35. The van der Waals surface area contributed by atoms with Gasteiger partial charge >= 0.3 is 6.09 Å². The van der Waals surface area contributed by atoms with Gasteiger partial charge in [0.25, 0.3) is 5.91 Å². The van der Waals surface area contributed by atoms with Gasteiger partial charge < -0.3 is 19.9 Å². The number of para-hydroxylation sites is 2. The topological polar surface area (TPSA) is 154 Å². The van der Waals surface area contributed by atoms with Crippen LogP contribution >= 0.6 is 0 Å². The van der Waals surface area contributed by atoms with E-state index in [0.29, 0.717) is 25.1 Å². The van der Waals surface area contributed by atoms with Gasteiger partial charge in [0.05, 0.1) is 28.5 Å². The second-order valence-corrected chi connectivity index (χ2v) is 15.5. The highest BCUT2D eigenvalue weighted by atomic mass is 32.2. The van der Waals surface area contributed by atoms with E-state index in [1.165, 1.54) is 6.42 Å². The molecule has 0 bridgehead atoms. The minimum atomic E-state index is -3.82. The number of nitrogens with zero attached hydrogens (tertiary/aromatic N) is 2. The van der Waals surface area contributed by atoms with Crippen molar-refractivity contribution >= 4 is 45.2 Å². The zero-order chi connectivity index (χ0) is 32.5. The molecule has 1 aromatic rings. The van der Waals surface area contributed by atoms with Gasteiger partial charge in [-0.15, -0.1) is 0 Å². The molecule has 0 unspecified atom stereocenters. The molecule has 5 atom stereocenters. The minimum Gasteiger partial charge on any atom is -0.446 e. The number of ether oxygens (including phenoxy) is 1. The van der Waals surface area contributed by atoms with Crippen molar-refractivity contribution in [2.75, 3.05) is 36.9 Å². The van der Waals surface area contributed by atoms with Gasteiger partial charge in [-0.2, -0.15) is 0 Å². The maximum absolute atomic E-state index is 13.9. The second kappa shape index (κ2) is 13.2. The minimum absolute atomic E-state index is 0.107. The Morgan fingerprint density at radius 2 is 1.70 bits per heavy atom. The lowest BCUT2D eigenvalue weighted by molar-refractivity contribution is -0.140. The van der Waals surface area contributed by atoms with E-state index in [2.05, 4.69) is 20.3 Å². The molecule has 1 saturated heterocycles. The molecule has 13 heteroatoms. The van der Waals surface area contributed by atoms with Crippen LogP contribution in [0, 0.1) is 17.8 Å². The van der Waals surface area contributed by atoms with E-state index in [1.54, 1.807) is 11.9 Å². The van der Waals surface area contributed by atoms with E-state index in [1.807, 2.05) is 36.4 Å². The van der Waals surface area contributed by atoms with E-state index in [4.69, 9.17) is 4.74 Å². The average Bonchev–Trinajstić information content (AvgIpc) is 3.96. The van der Waals surface area contributed by atoms with Crippen molar-refractivity contribution in [2.45, 2.75) is 87.5 Å². The third-order valence-electron chi connectivity index (χ3n) is 10.1. The number of carbonyl (C=O) groups excluding carboxylic acids is 4. The summed E-state index contributed by atoms with van der Waals surface area (Å²) in [7, 11) is -2.11. The van der Waals surface area contributed by atoms with Gasteiger partial charge in [-0.05, 0) is 82.8 Å². The van der Waals surface area contributed by atoms with Crippen LogP contribution < -0.4 is 20.3 Å². The normalized spacial score (nSPS) is 30.4. The van der Waals surface area contributed by atoms with Crippen molar-refractivity contribution in [2.24, 2.45) is 17.8 Å². The zero-order valence-corrected chi connectivity index (χ0v) is 27.2. The van der Waals surface area contributed by atoms with Gasteiger partial charge in [-0.25, -0.2) is 13.2 Å². The lowest BCUT2D eigenvalue weighted by Crippen LogP contribution is -2.54. The van der Waals surface area contributed by atoms with Gasteiger partial charge in [0, 0.05) is 32.6 Å². The van der Waals surface area contributed by atoms with Crippen LogP contribution in [0.15, 0.2) is 36.4 Å². The Labute approximate surface area is 270 Å². The highest BCUT2D eigenvalue weighted by Gasteiger charge is 2.62. The second-order valence-electron chi connectivity index (χ2n) is 13.5. The summed E-state index contributed by atoms with van der Waals surface area (Å²) in [4.78, 5) is 58.1. The molecule has 46 heavy (non-hydrogen) atoms. The molecule has 1 aromatic carbocycles. The molecule has 2 aliphatic heterocycles. The third kappa shape index (κ3) is 7.03. The third-order valence-corrected chi connectivity index (χ3v) is 11.9. The molecule has 4 amide bonds. The van der Waals surface area contributed by atoms with Crippen LogP contribution in [0.25, 0.3) is 0 Å². The monoisotopic (exact) mass is 655 g/mol. The molecular weight excluding hydrogens is 610 g/mol. The largest absolute Gasteiger partial charge is 0.446 e. The highest BCUT2D eigenvalue weighted by Crippen LogP contribution is 2.47. The molecule has 0 aromatic heterocycles. The Balaban J connectivity index is 1.18. The number of hydrogen-bond acceptors (Lipinski definition) is 8. The molecule has 3 aliphatic carbocycles. The van der Waals surface area contributed by atoms with Gasteiger partial charge in [0.2, 0.25) is 21.8 Å². The van der Waals surface area contributed by atoms with Gasteiger partial charge in [0.15, 0.2) is 0 Å². The molecule has 250 valence electrons. The molecule has 12 nitrogen and oxygen atoms in total. The molecule has 2 heterocycles. The number of sulfonamides is 1. The summed E-state index contributed by atoms with van der Waals surface area (Å²) in [5.41, 5.74) is 0.157. The summed E-state index contributed by atoms with van der Waals surface area (Å²) in [5.74, 6) is -3.44. The summed E-state index contributed by atoms with van der Waals surface area (Å²) in [6.07, 6.45) is 9.73. The summed E-state index contributed by atoms with van der Waals surface area (Å²) < 4.78 is 33.3. The molecular formula is C33H45N5O7S. The first-order chi connectivity index (χ1) is 22.1. The van der Waals surface area contributed by atoms with E-state index < -0.39 is 56.7 Å². The first kappa shape index (κ1) is 32.3. The first-order valence-corrected chi connectivity index (χ1v) is 18.2. The molecule has 6 rings (SSSR count).